The molecular formula is C15H11N3O2. The molecule has 0 unspecified atom stereocenters. The Morgan fingerprint density at radius 2 is 1.75 bits per heavy atom. The molecule has 0 amide bonds. The van der Waals surface area contributed by atoms with Crippen LogP contribution in [0.15, 0.2) is 64.5 Å². The van der Waals surface area contributed by atoms with E-state index in [0.717, 1.165) is 11.9 Å². The highest BCUT2D eigenvalue weighted by molar-refractivity contribution is 5.85. The molecule has 0 bridgehead atoms. The number of hydrogen-bond acceptors (Lipinski definition) is 4. The summed E-state index contributed by atoms with van der Waals surface area (Å²) < 4.78 is 1.77. The number of para-hydroxylation sites is 2. The molecule has 0 saturated carbocycles. The Morgan fingerprint density at radius 1 is 1.05 bits per heavy atom. The van der Waals surface area contributed by atoms with Crippen molar-refractivity contribution in [2.45, 2.75) is 0 Å². The topological polar surface area (TPSA) is 67.5 Å². The van der Waals surface area contributed by atoms with Gasteiger partial charge in [0.1, 0.15) is 6.21 Å². The number of rotatable bonds is 2. The van der Waals surface area contributed by atoms with Crippen LogP contribution in [0, 0.1) is 0 Å². The minimum atomic E-state index is -0.345. The Bertz CT molecular complexity index is 839. The third kappa shape index (κ3) is 1.95. The van der Waals surface area contributed by atoms with E-state index in [1.54, 1.807) is 16.7 Å². The van der Waals surface area contributed by atoms with Gasteiger partial charge in [-0.15, -0.1) is 0 Å². The molecule has 1 heterocycles. The SMILES string of the molecule is O=c1nc(/C=N/O)n(-c2ccccc2)c2ccccc12. The van der Waals surface area contributed by atoms with Crippen molar-refractivity contribution in [3.8, 4) is 5.69 Å². The fourth-order valence-electron chi connectivity index (χ4n) is 2.17. The molecule has 0 fully saturated rings. The predicted molar refractivity (Wildman–Crippen MR) is 76.7 cm³/mol. The Labute approximate surface area is 114 Å². The highest BCUT2D eigenvalue weighted by Gasteiger charge is 2.10. The van der Waals surface area contributed by atoms with E-state index < -0.39 is 0 Å². The van der Waals surface area contributed by atoms with Crippen molar-refractivity contribution in [3.05, 3.63) is 70.8 Å². The lowest BCUT2D eigenvalue weighted by Gasteiger charge is -2.13. The first-order valence-corrected chi connectivity index (χ1v) is 6.06. The van der Waals surface area contributed by atoms with E-state index in [1.807, 2.05) is 42.5 Å². The summed E-state index contributed by atoms with van der Waals surface area (Å²) >= 11 is 0. The molecule has 1 N–H and O–H groups in total. The van der Waals surface area contributed by atoms with Crippen LogP contribution in [0.5, 0.6) is 0 Å². The van der Waals surface area contributed by atoms with Crippen molar-refractivity contribution in [2.75, 3.05) is 0 Å². The van der Waals surface area contributed by atoms with E-state index in [1.165, 1.54) is 0 Å². The zero-order chi connectivity index (χ0) is 13.9. The average Bonchev–Trinajstić information content (AvgIpc) is 2.49. The van der Waals surface area contributed by atoms with Gasteiger partial charge in [0, 0.05) is 5.69 Å². The van der Waals surface area contributed by atoms with Crippen molar-refractivity contribution in [3.63, 3.8) is 0 Å². The van der Waals surface area contributed by atoms with E-state index in [2.05, 4.69) is 10.1 Å². The molecule has 0 aliphatic heterocycles. The zero-order valence-corrected chi connectivity index (χ0v) is 10.5. The quantitative estimate of drug-likeness (QED) is 0.439. The van der Waals surface area contributed by atoms with Gasteiger partial charge in [0.25, 0.3) is 5.56 Å². The van der Waals surface area contributed by atoms with Gasteiger partial charge in [0.2, 0.25) is 0 Å². The number of hydrogen-bond donors (Lipinski definition) is 1. The molecule has 3 aromatic rings. The molecule has 98 valence electrons. The smallest absolute Gasteiger partial charge is 0.281 e. The molecule has 5 nitrogen and oxygen atoms in total. The second-order valence-corrected chi connectivity index (χ2v) is 4.21. The summed E-state index contributed by atoms with van der Waals surface area (Å²) in [6.45, 7) is 0. The molecule has 0 saturated heterocycles. The fraction of sp³-hybridized carbons (Fsp3) is 0. The van der Waals surface area contributed by atoms with Crippen LogP contribution >= 0.6 is 0 Å². The molecule has 3 rings (SSSR count). The van der Waals surface area contributed by atoms with E-state index in [4.69, 9.17) is 5.21 Å². The van der Waals surface area contributed by atoms with E-state index in [0.29, 0.717) is 10.9 Å². The monoisotopic (exact) mass is 265 g/mol. The second kappa shape index (κ2) is 4.97. The summed E-state index contributed by atoms with van der Waals surface area (Å²) in [4.78, 5) is 16.0. The van der Waals surface area contributed by atoms with Crippen molar-refractivity contribution >= 4 is 17.1 Å². The summed E-state index contributed by atoms with van der Waals surface area (Å²) in [6, 6.07) is 16.7. The van der Waals surface area contributed by atoms with Crippen molar-refractivity contribution in [2.24, 2.45) is 5.16 Å². The standard InChI is InChI=1S/C15H11N3O2/c19-15-12-8-4-5-9-13(12)18(14(17-15)10-16-20)11-6-2-1-3-7-11/h1-10,20H/b16-10+. The molecule has 0 aliphatic carbocycles. The van der Waals surface area contributed by atoms with Crippen molar-refractivity contribution < 1.29 is 5.21 Å². The first-order valence-electron chi connectivity index (χ1n) is 6.06. The Hall–Kier alpha value is -2.95. The summed E-state index contributed by atoms with van der Waals surface area (Å²) in [5, 5.41) is 12.3. The summed E-state index contributed by atoms with van der Waals surface area (Å²) in [7, 11) is 0. The summed E-state index contributed by atoms with van der Waals surface area (Å²) in [5.41, 5.74) is 1.21. The van der Waals surface area contributed by atoms with Crippen molar-refractivity contribution in [1.82, 2.24) is 9.55 Å². The first kappa shape index (κ1) is 12.1. The highest BCUT2D eigenvalue weighted by atomic mass is 16.4. The van der Waals surface area contributed by atoms with Gasteiger partial charge in [-0.3, -0.25) is 9.36 Å². The third-order valence-corrected chi connectivity index (χ3v) is 3.01. The lowest BCUT2D eigenvalue weighted by atomic mass is 10.2. The molecule has 20 heavy (non-hydrogen) atoms. The second-order valence-electron chi connectivity index (χ2n) is 4.21. The summed E-state index contributed by atoms with van der Waals surface area (Å²) in [6.07, 6.45) is 1.15. The highest BCUT2D eigenvalue weighted by Crippen LogP contribution is 2.17. The van der Waals surface area contributed by atoms with Crippen LogP contribution < -0.4 is 5.56 Å². The molecule has 0 aliphatic rings. The molecule has 1 aromatic heterocycles. The number of oxime groups is 1. The van der Waals surface area contributed by atoms with Crippen LogP contribution in [0.2, 0.25) is 0 Å². The average molecular weight is 265 g/mol. The lowest BCUT2D eigenvalue weighted by molar-refractivity contribution is 0.321. The fourth-order valence-corrected chi connectivity index (χ4v) is 2.17. The van der Waals surface area contributed by atoms with Gasteiger partial charge in [-0.1, -0.05) is 35.5 Å². The van der Waals surface area contributed by atoms with Gasteiger partial charge < -0.3 is 5.21 Å². The van der Waals surface area contributed by atoms with Gasteiger partial charge in [-0.25, -0.2) is 0 Å². The minimum Gasteiger partial charge on any atom is -0.411 e. The van der Waals surface area contributed by atoms with Gasteiger partial charge in [-0.2, -0.15) is 4.98 Å². The minimum absolute atomic E-state index is 0.280. The van der Waals surface area contributed by atoms with E-state index >= 15 is 0 Å². The molecule has 0 atom stereocenters. The maximum absolute atomic E-state index is 12.0. The van der Waals surface area contributed by atoms with Crippen LogP contribution in [-0.2, 0) is 0 Å². The zero-order valence-electron chi connectivity index (χ0n) is 10.5. The van der Waals surface area contributed by atoms with Crippen LogP contribution in [0.1, 0.15) is 5.82 Å². The maximum Gasteiger partial charge on any atom is 0.281 e. The van der Waals surface area contributed by atoms with Gasteiger partial charge in [0.15, 0.2) is 5.82 Å². The maximum atomic E-state index is 12.0. The van der Waals surface area contributed by atoms with Crippen LogP contribution in [-0.4, -0.2) is 21.0 Å². The molecule has 0 spiro atoms. The number of aromatic nitrogens is 2. The van der Waals surface area contributed by atoms with Crippen LogP contribution in [0.3, 0.4) is 0 Å². The molecular weight excluding hydrogens is 254 g/mol. The first-order chi connectivity index (χ1) is 9.81. The summed E-state index contributed by atoms with van der Waals surface area (Å²) in [5.74, 6) is 0.280. The number of fused-ring (bicyclic) bond motifs is 1. The number of benzene rings is 2. The largest absolute Gasteiger partial charge is 0.411 e. The Kier molecular flexibility index (Phi) is 3.01. The predicted octanol–water partition coefficient (Wildman–Crippen LogP) is 2.19. The third-order valence-electron chi connectivity index (χ3n) is 3.01. The number of nitrogens with zero attached hydrogens (tertiary/aromatic N) is 3. The van der Waals surface area contributed by atoms with E-state index in [9.17, 15) is 4.79 Å². The Morgan fingerprint density at radius 3 is 2.50 bits per heavy atom. The van der Waals surface area contributed by atoms with Crippen LogP contribution in [0.4, 0.5) is 0 Å². The van der Waals surface area contributed by atoms with Gasteiger partial charge in [-0.05, 0) is 24.3 Å². The molecule has 0 radical (unpaired) electrons. The normalized spacial score (nSPS) is 11.2. The molecule has 5 heteroatoms. The van der Waals surface area contributed by atoms with E-state index in [-0.39, 0.29) is 11.4 Å². The molecule has 2 aromatic carbocycles. The van der Waals surface area contributed by atoms with Gasteiger partial charge in [0.05, 0.1) is 10.9 Å². The van der Waals surface area contributed by atoms with Crippen LogP contribution in [0.25, 0.3) is 16.6 Å². The van der Waals surface area contributed by atoms with Gasteiger partial charge >= 0.3 is 0 Å². The van der Waals surface area contributed by atoms with Crippen molar-refractivity contribution in [1.29, 1.82) is 0 Å². The lowest BCUT2D eigenvalue weighted by Crippen LogP contribution is -2.17. The Balaban J connectivity index is 2.47.